The van der Waals surface area contributed by atoms with Gasteiger partial charge in [0, 0.05) is 12.1 Å². The van der Waals surface area contributed by atoms with Gasteiger partial charge in [-0.25, -0.2) is 14.8 Å². The van der Waals surface area contributed by atoms with Crippen molar-refractivity contribution in [1.82, 2.24) is 25.0 Å². The Bertz CT molecular complexity index is 1110. The Morgan fingerprint density at radius 3 is 2.34 bits per heavy atom. The van der Waals surface area contributed by atoms with Crippen LogP contribution in [-0.2, 0) is 11.0 Å². The average Bonchev–Trinajstić information content (AvgIpc) is 3.38. The Morgan fingerprint density at radius 2 is 1.72 bits per heavy atom. The first-order valence-electron chi connectivity index (χ1n) is 10.7. The highest BCUT2D eigenvalue weighted by atomic mass is 19.4. The number of carbonyl (C=O) groups is 2. The van der Waals surface area contributed by atoms with E-state index in [4.69, 9.17) is 0 Å². The number of carbonyl (C=O) groups excluding carboxylic acids is 2. The SMILES string of the molecule is O=C1NC(=O)C(=Cc2c(C(F)(F)F)nc3c(NC4CC4)nc(NC4CCCCC4)cn23)N1. The van der Waals surface area contributed by atoms with Crippen LogP contribution in [0.1, 0.15) is 56.3 Å². The van der Waals surface area contributed by atoms with Gasteiger partial charge in [0.2, 0.25) is 0 Å². The number of nitrogens with zero attached hydrogens (tertiary/aromatic N) is 3. The molecule has 0 aromatic carbocycles. The zero-order valence-electron chi connectivity index (χ0n) is 17.1. The Kier molecular flexibility index (Phi) is 4.94. The van der Waals surface area contributed by atoms with Gasteiger partial charge in [-0.2, -0.15) is 13.2 Å². The van der Waals surface area contributed by atoms with Crippen molar-refractivity contribution in [3.05, 3.63) is 23.3 Å². The summed E-state index contributed by atoms with van der Waals surface area (Å²) >= 11 is 0. The maximum absolute atomic E-state index is 13.9. The van der Waals surface area contributed by atoms with Crippen molar-refractivity contribution >= 4 is 35.3 Å². The molecule has 0 atom stereocenters. The number of amides is 3. The van der Waals surface area contributed by atoms with Gasteiger partial charge in [0.25, 0.3) is 5.91 Å². The molecule has 0 spiro atoms. The lowest BCUT2D eigenvalue weighted by Gasteiger charge is -2.23. The molecule has 1 aliphatic heterocycles. The molecule has 4 N–H and O–H groups in total. The molecule has 3 heterocycles. The quantitative estimate of drug-likeness (QED) is 0.412. The van der Waals surface area contributed by atoms with Crippen LogP contribution >= 0.6 is 0 Å². The van der Waals surface area contributed by atoms with Gasteiger partial charge in [0.05, 0.1) is 11.9 Å². The second-order valence-corrected chi connectivity index (χ2v) is 8.38. The third-order valence-corrected chi connectivity index (χ3v) is 5.79. The van der Waals surface area contributed by atoms with Crippen LogP contribution in [0.25, 0.3) is 11.7 Å². The summed E-state index contributed by atoms with van der Waals surface area (Å²) in [6.07, 6.45) is 4.77. The van der Waals surface area contributed by atoms with Gasteiger partial charge in [-0.3, -0.25) is 14.5 Å². The molecule has 1 saturated heterocycles. The van der Waals surface area contributed by atoms with Crippen molar-refractivity contribution in [2.75, 3.05) is 10.6 Å². The lowest BCUT2D eigenvalue weighted by atomic mass is 9.96. The lowest BCUT2D eigenvalue weighted by molar-refractivity contribution is -0.141. The zero-order chi connectivity index (χ0) is 22.5. The molecule has 32 heavy (non-hydrogen) atoms. The molecule has 2 aliphatic carbocycles. The maximum Gasteiger partial charge on any atom is 0.435 e. The Morgan fingerprint density at radius 1 is 1.00 bits per heavy atom. The van der Waals surface area contributed by atoms with Crippen LogP contribution in [0.2, 0.25) is 0 Å². The highest BCUT2D eigenvalue weighted by Gasteiger charge is 2.39. The van der Waals surface area contributed by atoms with E-state index in [0.29, 0.717) is 5.82 Å². The first-order valence-corrected chi connectivity index (χ1v) is 10.7. The molecule has 0 radical (unpaired) electrons. The number of imidazole rings is 1. The van der Waals surface area contributed by atoms with Crippen molar-refractivity contribution in [3.63, 3.8) is 0 Å². The van der Waals surface area contributed by atoms with Crippen molar-refractivity contribution in [2.24, 2.45) is 0 Å². The van der Waals surface area contributed by atoms with Gasteiger partial charge in [-0.15, -0.1) is 0 Å². The van der Waals surface area contributed by atoms with Gasteiger partial charge in [-0.05, 0) is 31.8 Å². The zero-order valence-corrected chi connectivity index (χ0v) is 17.1. The van der Waals surface area contributed by atoms with E-state index in [1.54, 1.807) is 0 Å². The number of halogens is 3. The van der Waals surface area contributed by atoms with Gasteiger partial charge in [0.1, 0.15) is 11.5 Å². The summed E-state index contributed by atoms with van der Waals surface area (Å²) in [5.41, 5.74) is -1.78. The van der Waals surface area contributed by atoms with E-state index >= 15 is 0 Å². The topological polar surface area (TPSA) is 112 Å². The van der Waals surface area contributed by atoms with Crippen LogP contribution < -0.4 is 21.3 Å². The van der Waals surface area contributed by atoms with Gasteiger partial charge in [-0.1, -0.05) is 19.3 Å². The molecule has 0 bridgehead atoms. The van der Waals surface area contributed by atoms with Crippen molar-refractivity contribution in [2.45, 2.75) is 63.2 Å². The third-order valence-electron chi connectivity index (χ3n) is 5.79. The Balaban J connectivity index is 1.65. The fourth-order valence-corrected chi connectivity index (χ4v) is 4.07. The van der Waals surface area contributed by atoms with Crippen molar-refractivity contribution in [3.8, 4) is 0 Å². The molecule has 9 nitrogen and oxygen atoms in total. The fourth-order valence-electron chi connectivity index (χ4n) is 4.07. The fraction of sp³-hybridized carbons (Fsp3) is 0.500. The van der Waals surface area contributed by atoms with E-state index in [1.165, 1.54) is 17.0 Å². The van der Waals surface area contributed by atoms with Crippen LogP contribution in [0.5, 0.6) is 0 Å². The predicted octanol–water partition coefficient (Wildman–Crippen LogP) is 3.25. The number of rotatable bonds is 5. The molecular weight excluding hydrogens is 427 g/mol. The summed E-state index contributed by atoms with van der Waals surface area (Å²) in [4.78, 5) is 31.7. The molecule has 3 aliphatic rings. The number of alkyl halides is 3. The number of urea groups is 1. The molecule has 5 rings (SSSR count). The molecule has 12 heteroatoms. The number of hydrogen-bond donors (Lipinski definition) is 4. The van der Waals surface area contributed by atoms with Gasteiger partial charge < -0.3 is 16.0 Å². The van der Waals surface area contributed by atoms with Crippen LogP contribution in [0.15, 0.2) is 11.9 Å². The number of fused-ring (bicyclic) bond motifs is 1. The highest BCUT2D eigenvalue weighted by molar-refractivity contribution is 6.14. The number of anilines is 2. The summed E-state index contributed by atoms with van der Waals surface area (Å²) < 4.78 is 42.9. The van der Waals surface area contributed by atoms with Gasteiger partial charge in [0.15, 0.2) is 17.2 Å². The summed E-state index contributed by atoms with van der Waals surface area (Å²) in [5.74, 6) is -0.120. The number of imide groups is 1. The summed E-state index contributed by atoms with van der Waals surface area (Å²) in [6, 6.07) is -0.459. The average molecular weight is 449 g/mol. The first-order chi connectivity index (χ1) is 15.3. The Hall–Kier alpha value is -3.31. The van der Waals surface area contributed by atoms with Gasteiger partial charge >= 0.3 is 12.2 Å². The van der Waals surface area contributed by atoms with E-state index < -0.39 is 23.8 Å². The van der Waals surface area contributed by atoms with Crippen molar-refractivity contribution < 1.29 is 22.8 Å². The van der Waals surface area contributed by atoms with E-state index in [-0.39, 0.29) is 34.9 Å². The van der Waals surface area contributed by atoms with Crippen LogP contribution in [0.3, 0.4) is 0 Å². The minimum Gasteiger partial charge on any atom is -0.366 e. The van der Waals surface area contributed by atoms with Crippen LogP contribution in [0.4, 0.5) is 29.6 Å². The van der Waals surface area contributed by atoms with E-state index in [9.17, 15) is 22.8 Å². The summed E-state index contributed by atoms with van der Waals surface area (Å²) in [6.45, 7) is 0. The molecule has 2 aromatic rings. The minimum atomic E-state index is -4.77. The third kappa shape index (κ3) is 4.08. The second kappa shape index (κ2) is 7.68. The molecular formula is C20H22F3N7O2. The smallest absolute Gasteiger partial charge is 0.366 e. The predicted molar refractivity (Wildman–Crippen MR) is 110 cm³/mol. The Labute approximate surface area is 180 Å². The van der Waals surface area contributed by atoms with E-state index in [2.05, 4.69) is 25.9 Å². The number of nitrogens with one attached hydrogen (secondary N) is 4. The molecule has 3 amide bonds. The number of hydrogen-bond acceptors (Lipinski definition) is 6. The van der Waals surface area contributed by atoms with Crippen LogP contribution in [0, 0.1) is 0 Å². The maximum atomic E-state index is 13.9. The normalized spacial score (nSPS) is 21.2. The lowest BCUT2D eigenvalue weighted by Crippen LogP contribution is -2.23. The van der Waals surface area contributed by atoms with Crippen LogP contribution in [-0.4, -0.2) is 38.4 Å². The molecule has 0 unspecified atom stereocenters. The molecule has 2 saturated carbocycles. The largest absolute Gasteiger partial charge is 0.435 e. The monoisotopic (exact) mass is 449 g/mol. The molecule has 2 aromatic heterocycles. The summed E-state index contributed by atoms with van der Waals surface area (Å²) in [7, 11) is 0. The standard InChI is InChI=1S/C20H22F3N7O2/c21-20(22,23)15-13(8-12-18(31)29-19(32)26-12)30-9-14(24-10-4-2-1-3-5-10)27-16(17(30)28-15)25-11-6-7-11/h8-11,24H,1-7H2,(H,25,27)(H2,26,29,31,32). The van der Waals surface area contributed by atoms with E-state index in [0.717, 1.165) is 44.6 Å². The first kappa shape index (κ1) is 20.6. The number of aromatic nitrogens is 3. The van der Waals surface area contributed by atoms with Crippen molar-refractivity contribution in [1.29, 1.82) is 0 Å². The van der Waals surface area contributed by atoms with E-state index in [1.807, 2.05) is 5.32 Å². The highest BCUT2D eigenvalue weighted by Crippen LogP contribution is 2.36. The molecule has 3 fully saturated rings. The second-order valence-electron chi connectivity index (χ2n) is 8.38. The molecule has 170 valence electrons. The summed E-state index contributed by atoms with van der Waals surface area (Å²) in [5, 5.41) is 10.7. The minimum absolute atomic E-state index is 0.00926.